The molecule has 2 N–H and O–H groups in total. The summed E-state index contributed by atoms with van der Waals surface area (Å²) in [7, 11) is 0. The summed E-state index contributed by atoms with van der Waals surface area (Å²) in [5, 5.41) is 12.3. The van der Waals surface area contributed by atoms with Crippen molar-refractivity contribution >= 4 is 41.1 Å². The summed E-state index contributed by atoms with van der Waals surface area (Å²) >= 11 is 7.50. The second-order valence-electron chi connectivity index (χ2n) is 5.11. The number of rotatable bonds is 9. The fourth-order valence-corrected chi connectivity index (χ4v) is 3.15. The van der Waals surface area contributed by atoms with Crippen molar-refractivity contribution in [3.8, 4) is 0 Å². The van der Waals surface area contributed by atoms with Crippen molar-refractivity contribution in [2.75, 3.05) is 18.8 Å². The second kappa shape index (κ2) is 10.2. The number of amides is 2. The Balaban J connectivity index is 2.58. The number of carbonyl (C=O) groups excluding carboxylic acids is 2. The van der Waals surface area contributed by atoms with Crippen LogP contribution in [0.15, 0.2) is 29.2 Å². The van der Waals surface area contributed by atoms with Crippen molar-refractivity contribution in [2.45, 2.75) is 31.2 Å². The molecular weight excluding hydrogens is 352 g/mol. The van der Waals surface area contributed by atoms with Crippen LogP contribution in [0.1, 0.15) is 20.3 Å². The lowest BCUT2D eigenvalue weighted by Gasteiger charge is -2.26. The van der Waals surface area contributed by atoms with E-state index < -0.39 is 12.0 Å². The van der Waals surface area contributed by atoms with Gasteiger partial charge < -0.3 is 15.3 Å². The minimum atomic E-state index is -1.08. The lowest BCUT2D eigenvalue weighted by atomic mass is 10.2. The van der Waals surface area contributed by atoms with Crippen LogP contribution >= 0.6 is 23.4 Å². The Morgan fingerprint density at radius 1 is 1.33 bits per heavy atom. The predicted molar refractivity (Wildman–Crippen MR) is 94.3 cm³/mol. The third-order valence-electron chi connectivity index (χ3n) is 3.28. The van der Waals surface area contributed by atoms with Crippen molar-refractivity contribution in [2.24, 2.45) is 0 Å². The Bertz CT molecular complexity index is 597. The summed E-state index contributed by atoms with van der Waals surface area (Å²) in [4.78, 5) is 36.6. The van der Waals surface area contributed by atoms with E-state index in [-0.39, 0.29) is 31.3 Å². The van der Waals surface area contributed by atoms with Crippen LogP contribution in [-0.2, 0) is 14.4 Å². The standard InChI is InChI=1S/C16H21ClN2O4S/c1-11(16(22)23)19(9-8-18-12(2)20)15(21)7-10-24-14-6-4-3-5-13(14)17/h3-6,11H,7-10H2,1-2H3,(H,18,20)(H,22,23). The summed E-state index contributed by atoms with van der Waals surface area (Å²) in [5.74, 6) is -1.08. The molecule has 1 aromatic rings. The van der Waals surface area contributed by atoms with Gasteiger partial charge in [0.2, 0.25) is 11.8 Å². The van der Waals surface area contributed by atoms with Gasteiger partial charge in [-0.05, 0) is 19.1 Å². The number of carboxylic acids is 1. The summed E-state index contributed by atoms with van der Waals surface area (Å²) in [6.07, 6.45) is 0.188. The fourth-order valence-electron chi connectivity index (χ4n) is 1.97. The molecule has 0 fully saturated rings. The molecule has 2 amide bonds. The van der Waals surface area contributed by atoms with Crippen molar-refractivity contribution < 1.29 is 19.5 Å². The Hall–Kier alpha value is -1.73. The van der Waals surface area contributed by atoms with Crippen LogP contribution < -0.4 is 5.32 Å². The zero-order valence-electron chi connectivity index (χ0n) is 13.6. The van der Waals surface area contributed by atoms with Gasteiger partial charge in [-0.25, -0.2) is 4.79 Å². The van der Waals surface area contributed by atoms with Gasteiger partial charge >= 0.3 is 5.97 Å². The van der Waals surface area contributed by atoms with Crippen LogP contribution in [0.5, 0.6) is 0 Å². The highest BCUT2D eigenvalue weighted by atomic mass is 35.5. The first-order chi connectivity index (χ1) is 11.3. The summed E-state index contributed by atoms with van der Waals surface area (Å²) < 4.78 is 0. The monoisotopic (exact) mass is 372 g/mol. The highest BCUT2D eigenvalue weighted by molar-refractivity contribution is 7.99. The zero-order valence-corrected chi connectivity index (χ0v) is 15.2. The maximum absolute atomic E-state index is 12.3. The van der Waals surface area contributed by atoms with Crippen LogP contribution in [0.4, 0.5) is 0 Å². The van der Waals surface area contributed by atoms with E-state index in [0.29, 0.717) is 10.8 Å². The third-order valence-corrected chi connectivity index (χ3v) is 4.80. The Morgan fingerprint density at radius 3 is 2.58 bits per heavy atom. The lowest BCUT2D eigenvalue weighted by Crippen LogP contribution is -2.46. The molecule has 0 aliphatic heterocycles. The average Bonchev–Trinajstić information content (AvgIpc) is 2.52. The number of thioether (sulfide) groups is 1. The lowest BCUT2D eigenvalue weighted by molar-refractivity contribution is -0.149. The van der Waals surface area contributed by atoms with Crippen molar-refractivity contribution in [1.29, 1.82) is 0 Å². The molecule has 0 radical (unpaired) electrons. The van der Waals surface area contributed by atoms with Crippen LogP contribution in [0.25, 0.3) is 0 Å². The number of carbonyl (C=O) groups is 3. The largest absolute Gasteiger partial charge is 0.480 e. The number of carboxylic acid groups (broad SMARTS) is 1. The van der Waals surface area contributed by atoms with Gasteiger partial charge in [-0.3, -0.25) is 9.59 Å². The molecule has 1 unspecified atom stereocenters. The van der Waals surface area contributed by atoms with Crippen LogP contribution in [-0.4, -0.2) is 52.7 Å². The first-order valence-electron chi connectivity index (χ1n) is 7.47. The highest BCUT2D eigenvalue weighted by Crippen LogP contribution is 2.27. The highest BCUT2D eigenvalue weighted by Gasteiger charge is 2.24. The normalized spacial score (nSPS) is 11.6. The van der Waals surface area contributed by atoms with E-state index in [1.54, 1.807) is 6.07 Å². The van der Waals surface area contributed by atoms with Gasteiger partial charge in [-0.2, -0.15) is 0 Å². The molecule has 6 nitrogen and oxygen atoms in total. The quantitative estimate of drug-likeness (QED) is 0.649. The molecule has 0 saturated heterocycles. The molecule has 0 spiro atoms. The maximum Gasteiger partial charge on any atom is 0.326 e. The van der Waals surface area contributed by atoms with Crippen molar-refractivity contribution in [3.63, 3.8) is 0 Å². The van der Waals surface area contributed by atoms with E-state index >= 15 is 0 Å². The first kappa shape index (κ1) is 20.3. The second-order valence-corrected chi connectivity index (χ2v) is 6.66. The molecule has 0 heterocycles. The average molecular weight is 373 g/mol. The number of hydrogen-bond acceptors (Lipinski definition) is 4. The van der Waals surface area contributed by atoms with Crippen molar-refractivity contribution in [1.82, 2.24) is 10.2 Å². The summed E-state index contributed by atoms with van der Waals surface area (Å²) in [6, 6.07) is 6.39. The van der Waals surface area contributed by atoms with Gasteiger partial charge in [0, 0.05) is 37.1 Å². The SMILES string of the molecule is CC(=O)NCCN(C(=O)CCSc1ccccc1Cl)C(C)C(=O)O. The van der Waals surface area contributed by atoms with Gasteiger partial charge in [0.1, 0.15) is 6.04 Å². The molecule has 1 rings (SSSR count). The van der Waals surface area contributed by atoms with Crippen LogP contribution in [0.2, 0.25) is 5.02 Å². The molecule has 8 heteroatoms. The number of benzene rings is 1. The van der Waals surface area contributed by atoms with E-state index in [1.807, 2.05) is 18.2 Å². The zero-order chi connectivity index (χ0) is 18.1. The molecule has 1 atom stereocenters. The molecule has 0 aromatic heterocycles. The molecule has 0 saturated carbocycles. The van der Waals surface area contributed by atoms with Gasteiger partial charge in [-0.1, -0.05) is 23.7 Å². The number of nitrogens with one attached hydrogen (secondary N) is 1. The van der Waals surface area contributed by atoms with E-state index in [9.17, 15) is 14.4 Å². The maximum atomic E-state index is 12.3. The molecule has 1 aromatic carbocycles. The smallest absolute Gasteiger partial charge is 0.326 e. The van der Waals surface area contributed by atoms with E-state index in [0.717, 1.165) is 4.90 Å². The van der Waals surface area contributed by atoms with Crippen molar-refractivity contribution in [3.05, 3.63) is 29.3 Å². The van der Waals surface area contributed by atoms with Crippen LogP contribution in [0.3, 0.4) is 0 Å². The third kappa shape index (κ3) is 6.80. The Kier molecular flexibility index (Phi) is 8.63. The molecule has 24 heavy (non-hydrogen) atoms. The first-order valence-corrected chi connectivity index (χ1v) is 8.83. The molecule has 0 aliphatic carbocycles. The van der Waals surface area contributed by atoms with E-state index in [4.69, 9.17) is 16.7 Å². The molecule has 132 valence electrons. The Labute approximate surface area is 150 Å². The van der Waals surface area contributed by atoms with Gasteiger partial charge in [-0.15, -0.1) is 11.8 Å². The number of aliphatic carboxylic acids is 1. The number of nitrogens with zero attached hydrogens (tertiary/aromatic N) is 1. The molecule has 0 bridgehead atoms. The fraction of sp³-hybridized carbons (Fsp3) is 0.438. The predicted octanol–water partition coefficient (Wildman–Crippen LogP) is 2.26. The number of halogens is 1. The van der Waals surface area contributed by atoms with Gasteiger partial charge in [0.15, 0.2) is 0 Å². The molecule has 0 aliphatic rings. The minimum absolute atomic E-state index is 0.155. The summed E-state index contributed by atoms with van der Waals surface area (Å²) in [6.45, 7) is 3.20. The van der Waals surface area contributed by atoms with E-state index in [1.165, 1.54) is 30.5 Å². The Morgan fingerprint density at radius 2 is 2.00 bits per heavy atom. The number of hydrogen-bond donors (Lipinski definition) is 2. The van der Waals surface area contributed by atoms with Crippen LogP contribution in [0, 0.1) is 0 Å². The minimum Gasteiger partial charge on any atom is -0.480 e. The topological polar surface area (TPSA) is 86.7 Å². The van der Waals surface area contributed by atoms with E-state index in [2.05, 4.69) is 5.32 Å². The molecular formula is C16H21ClN2O4S. The van der Waals surface area contributed by atoms with Gasteiger partial charge in [0.05, 0.1) is 5.02 Å². The summed E-state index contributed by atoms with van der Waals surface area (Å²) in [5.41, 5.74) is 0. The van der Waals surface area contributed by atoms with Gasteiger partial charge in [0.25, 0.3) is 0 Å².